The highest BCUT2D eigenvalue weighted by molar-refractivity contribution is 7.90. The molecule has 23 heteroatoms. The fourth-order valence-electron chi connectivity index (χ4n) is 16.1. The van der Waals surface area contributed by atoms with E-state index in [1.165, 1.54) is 18.9 Å². The number of rotatable bonds is 26. The maximum Gasteiger partial charge on any atom is 0.337 e. The fourth-order valence-corrected chi connectivity index (χ4v) is 16.8. The Hall–Kier alpha value is -13.4. The zero-order chi connectivity index (χ0) is 84.2. The molecule has 4 fully saturated rings. The minimum Gasteiger partial charge on any atom is -0.494 e. The number of Topliss-reactive ketones (excluding diaryl/α,β-unsaturated/α-hetero) is 4. The Bertz CT molecular complexity index is 5950. The number of hydrogen-bond acceptors (Lipinski definition) is 22. The van der Waals surface area contributed by atoms with E-state index in [9.17, 15) is 32.4 Å². The van der Waals surface area contributed by atoms with Crippen LogP contribution in [0.3, 0.4) is 0 Å². The molecule has 8 aliphatic rings. The number of carbonyl (C=O) groups is 5. The van der Waals surface area contributed by atoms with Gasteiger partial charge < -0.3 is 52.7 Å². The second kappa shape index (κ2) is 34.4. The maximum atomic E-state index is 13.2. The van der Waals surface area contributed by atoms with Crippen LogP contribution in [-0.2, 0) is 87.6 Å². The second-order valence-electron chi connectivity index (χ2n) is 31.6. The number of esters is 1. The van der Waals surface area contributed by atoms with E-state index in [2.05, 4.69) is 39.6 Å². The normalized spacial score (nSPS) is 15.7. The molecule has 122 heavy (non-hydrogen) atoms. The molecule has 12 aromatic rings. The lowest BCUT2D eigenvalue weighted by Gasteiger charge is -2.15. The molecule has 8 heterocycles. The summed E-state index contributed by atoms with van der Waals surface area (Å²) in [5.74, 6) is 6.93. The highest BCUT2D eigenvalue weighted by Gasteiger charge is 2.54. The zero-order valence-corrected chi connectivity index (χ0v) is 68.8. The van der Waals surface area contributed by atoms with Gasteiger partial charge in [-0.1, -0.05) is 97.1 Å². The maximum absolute atomic E-state index is 13.2. The first-order valence-corrected chi connectivity index (χ1v) is 42.7. The molecule has 4 aromatic heterocycles. The lowest BCUT2D eigenvalue weighted by molar-refractivity contribution is -0.121. The Balaban J connectivity index is 0.000000121. The molecule has 4 saturated carbocycles. The predicted octanol–water partition coefficient (Wildman–Crippen LogP) is 16.8. The number of hydrogen-bond donors (Lipinski definition) is 1. The van der Waals surface area contributed by atoms with Crippen molar-refractivity contribution in [2.24, 2.45) is 0 Å². The summed E-state index contributed by atoms with van der Waals surface area (Å²) in [6, 6.07) is 76.1. The summed E-state index contributed by atoms with van der Waals surface area (Å²) in [4.78, 5) is 83.7. The van der Waals surface area contributed by atoms with Gasteiger partial charge in [0.05, 0.1) is 68.6 Å². The number of nitrogens with zero attached hydrogens (tertiary/aromatic N) is 4. The van der Waals surface area contributed by atoms with Crippen molar-refractivity contribution >= 4 is 38.9 Å². The summed E-state index contributed by atoms with van der Waals surface area (Å²) in [6.07, 6.45) is 9.07. The first-order chi connectivity index (χ1) is 59.3. The molecule has 0 saturated heterocycles. The van der Waals surface area contributed by atoms with Crippen LogP contribution >= 0.6 is 0 Å². The van der Waals surface area contributed by atoms with Crippen LogP contribution in [0.5, 0.6) is 51.7 Å². The summed E-state index contributed by atoms with van der Waals surface area (Å²) in [5, 5.41) is 3.15. The molecule has 4 aliphatic heterocycles. The number of ether oxygens (including phenoxy) is 10. The van der Waals surface area contributed by atoms with Gasteiger partial charge in [0.15, 0.2) is 55.8 Å². The van der Waals surface area contributed by atoms with Crippen molar-refractivity contribution in [3.8, 4) is 96.8 Å². The van der Waals surface area contributed by atoms with E-state index in [0.717, 1.165) is 166 Å². The van der Waals surface area contributed by atoms with E-state index < -0.39 is 31.5 Å². The Morgan fingerprint density at radius 3 is 1.00 bits per heavy atom. The first-order valence-electron chi connectivity index (χ1n) is 40.8. The van der Waals surface area contributed by atoms with Crippen LogP contribution in [0.4, 0.5) is 0 Å². The summed E-state index contributed by atoms with van der Waals surface area (Å²) >= 11 is 0. The monoisotopic (exact) mass is 1650 g/mol. The van der Waals surface area contributed by atoms with E-state index >= 15 is 0 Å². The average Bonchev–Trinajstić information content (AvgIpc) is 1.61. The van der Waals surface area contributed by atoms with Gasteiger partial charge in [0, 0.05) is 84.9 Å². The average molecular weight is 1650 g/mol. The number of sulfone groups is 1. The number of carbonyl (C=O) groups excluding carboxylic acids is 5. The number of methoxy groups -OCH3 is 1. The third kappa shape index (κ3) is 17.5. The van der Waals surface area contributed by atoms with Crippen LogP contribution in [-0.4, -0.2) is 112 Å². The van der Waals surface area contributed by atoms with E-state index in [1.807, 2.05) is 202 Å². The minimum atomic E-state index is -3.31. The molecule has 0 radical (unpaired) electrons. The third-order valence-corrected chi connectivity index (χ3v) is 24.8. The van der Waals surface area contributed by atoms with Crippen LogP contribution in [0.1, 0.15) is 121 Å². The molecule has 0 atom stereocenters. The highest BCUT2D eigenvalue weighted by Crippen LogP contribution is 2.56. The van der Waals surface area contributed by atoms with Crippen molar-refractivity contribution in [2.75, 3.05) is 54.2 Å². The molecule has 22 nitrogen and oxygen atoms in total. The van der Waals surface area contributed by atoms with Crippen molar-refractivity contribution < 1.29 is 81.2 Å². The molecule has 0 spiro atoms. The largest absolute Gasteiger partial charge is 0.494 e. The van der Waals surface area contributed by atoms with Gasteiger partial charge in [-0.25, -0.2) is 13.2 Å². The van der Waals surface area contributed by atoms with Gasteiger partial charge in [-0.05, 0) is 239 Å². The van der Waals surface area contributed by atoms with Crippen molar-refractivity contribution in [1.82, 2.24) is 25.3 Å². The van der Waals surface area contributed by atoms with Crippen molar-refractivity contribution in [2.45, 2.75) is 117 Å². The Labute approximate surface area is 708 Å². The SMILES string of the molecule is CCOc1ccc(-c2cccc(CC(=O)C3(c4ccc5c(c4)OCO5)CC3)n2)cc1.CNCc1ccc(-c2cccc(CC(=O)C3(c4ccc5c(c4)OCO5)CC3)n2)cc1.COC(=O)c1ccc(-c2cccc(CC(=O)C3(c4ccc5c(c4)OCO5)CC3)n2)cc1.CS(=O)(=O)c1cccc(-c2cccc(CC(=O)C3(c4ccc5c(c4)OCO5)CC3)n2)c1.[HH]. The number of aromatic nitrogens is 4. The van der Waals surface area contributed by atoms with E-state index in [4.69, 9.17) is 57.3 Å². The lowest BCUT2D eigenvalue weighted by atomic mass is 9.88. The molecule has 4 aliphatic carbocycles. The second-order valence-corrected chi connectivity index (χ2v) is 33.6. The molecule has 620 valence electrons. The molecule has 0 bridgehead atoms. The smallest absolute Gasteiger partial charge is 0.337 e. The Kier molecular flexibility index (Phi) is 22.8. The van der Waals surface area contributed by atoms with Gasteiger partial charge in [-0.15, -0.1) is 0 Å². The molecular weight excluding hydrogens is 1560 g/mol. The number of fused-ring (bicyclic) bond motifs is 4. The van der Waals surface area contributed by atoms with Gasteiger partial charge >= 0.3 is 5.97 Å². The first kappa shape index (κ1) is 81.0. The Morgan fingerprint density at radius 2 is 0.689 bits per heavy atom. The number of pyridine rings is 4. The summed E-state index contributed by atoms with van der Waals surface area (Å²) in [6.45, 7) is 4.35. The van der Waals surface area contributed by atoms with E-state index in [-0.39, 0.29) is 75.4 Å². The third-order valence-electron chi connectivity index (χ3n) is 23.7. The summed E-state index contributed by atoms with van der Waals surface area (Å²) in [7, 11) is -0.0173. The number of benzene rings is 8. The summed E-state index contributed by atoms with van der Waals surface area (Å²) in [5.41, 5.74) is 13.7. The van der Waals surface area contributed by atoms with Crippen LogP contribution in [0.15, 0.2) is 248 Å². The zero-order valence-electron chi connectivity index (χ0n) is 68.0. The summed E-state index contributed by atoms with van der Waals surface area (Å²) < 4.78 is 77.5. The lowest BCUT2D eigenvalue weighted by Crippen LogP contribution is -2.23. The molecule has 8 aromatic carbocycles. The van der Waals surface area contributed by atoms with Crippen LogP contribution in [0, 0.1) is 0 Å². The van der Waals surface area contributed by atoms with Gasteiger partial charge in [0.1, 0.15) is 28.9 Å². The molecule has 1 N–H and O–H groups in total. The predicted molar refractivity (Wildman–Crippen MR) is 458 cm³/mol. The van der Waals surface area contributed by atoms with E-state index in [0.29, 0.717) is 59.2 Å². The van der Waals surface area contributed by atoms with Crippen molar-refractivity contribution in [1.29, 1.82) is 0 Å². The fraction of sp³-hybridized carbons (Fsp3) is 0.263. The molecule has 0 unspecified atom stereocenters. The van der Waals surface area contributed by atoms with Gasteiger partial charge in [-0.2, -0.15) is 0 Å². The van der Waals surface area contributed by atoms with Crippen molar-refractivity contribution in [3.05, 3.63) is 299 Å². The standard InChI is InChI=1S/C25H24N2O3.C25H21NO5.C25H23NO4.C24H21NO5S.H2/c1-26-15-17-5-7-18(8-6-17)21-4-2-3-20(27-21)14-24(28)25(11-12-25)19-9-10-22-23(13-19)30-16-29-22;1-29-24(28)17-7-5-16(6-8-17)20-4-2-3-19(26-20)14-23(27)25(11-12-25)18-9-10-21-22(13-18)31-15-30-21;1-2-28-20-9-6-17(7-10-20)21-5-3-4-19(26-21)15-24(27)25(12-13-25)18-8-11-22-23(14-18)30-16-29-22;1-31(27,28)19-6-2-4-16(12-19)20-7-3-5-18(25-20)14-23(26)24(10-11-24)17-8-9-21-22(13-17)30-15-29-21;/h2-10,13,26H,11-12,14-16H2,1H3;2-10,13H,11-12,14-15H2,1H3;3-11,14H,2,12-13,15-16H2,1H3;2-9,12-13H,10-11,14-15H2,1H3;1H. The minimum absolute atomic E-state index is 0. The Morgan fingerprint density at radius 1 is 0.377 bits per heavy atom. The van der Waals surface area contributed by atoms with Crippen LogP contribution in [0.2, 0.25) is 0 Å². The molecular formula is C99H91N5O17S. The molecule has 20 rings (SSSR count). The topological polar surface area (TPSA) is 275 Å². The number of ketones is 4. The quantitative estimate of drug-likeness (QED) is 0.0493. The van der Waals surface area contributed by atoms with Gasteiger partial charge in [0.25, 0.3) is 0 Å². The van der Waals surface area contributed by atoms with E-state index in [1.54, 1.807) is 30.3 Å². The van der Waals surface area contributed by atoms with Crippen LogP contribution < -0.4 is 47.9 Å². The molecule has 0 amide bonds. The van der Waals surface area contributed by atoms with Crippen LogP contribution in [0.25, 0.3) is 45.0 Å². The van der Waals surface area contributed by atoms with Gasteiger partial charge in [0.2, 0.25) is 27.2 Å². The van der Waals surface area contributed by atoms with Gasteiger partial charge in [-0.3, -0.25) is 39.1 Å². The highest BCUT2D eigenvalue weighted by atomic mass is 32.2. The van der Waals surface area contributed by atoms with Crippen molar-refractivity contribution in [3.63, 3.8) is 0 Å². The number of nitrogens with one attached hydrogen (secondary N) is 1.